The highest BCUT2D eigenvalue weighted by atomic mass is 16.6. The molecule has 0 aliphatic carbocycles. The van der Waals surface area contributed by atoms with Gasteiger partial charge in [0.25, 0.3) is 0 Å². The van der Waals surface area contributed by atoms with Crippen LogP contribution < -0.4 is 0 Å². The van der Waals surface area contributed by atoms with Crippen molar-refractivity contribution in [1.82, 2.24) is 4.98 Å². The topological polar surface area (TPSA) is 51.5 Å². The minimum absolute atomic E-state index is 0.0430. The molecule has 2 heterocycles. The van der Waals surface area contributed by atoms with Crippen LogP contribution >= 0.6 is 0 Å². The number of hydrogen-bond acceptors (Lipinski definition) is 4. The van der Waals surface area contributed by atoms with Gasteiger partial charge in [-0.15, -0.1) is 0 Å². The maximum absolute atomic E-state index is 11.5. The van der Waals surface area contributed by atoms with Gasteiger partial charge in [-0.25, -0.2) is 0 Å². The van der Waals surface area contributed by atoms with E-state index in [0.29, 0.717) is 12.0 Å². The van der Waals surface area contributed by atoms with Gasteiger partial charge in [-0.2, -0.15) is 0 Å². The molecule has 0 saturated heterocycles. The van der Waals surface area contributed by atoms with Crippen molar-refractivity contribution < 1.29 is 9.63 Å². The van der Waals surface area contributed by atoms with E-state index in [1.54, 1.807) is 19.2 Å². The molecule has 0 bridgehead atoms. The number of ketones is 1. The standard InChI is InChI=1S/C19H20N2O2/c1-13(22)15-9-10-20-16(11-15)12-17-19(2,3)18(21-23-17)14-7-5-4-6-8-14/h4-11,17H,12H2,1-3H3. The molecular formula is C19H20N2O2. The smallest absolute Gasteiger partial charge is 0.159 e. The minimum Gasteiger partial charge on any atom is -0.391 e. The van der Waals surface area contributed by atoms with Crippen LogP contribution in [-0.2, 0) is 11.3 Å². The average molecular weight is 308 g/mol. The lowest BCUT2D eigenvalue weighted by molar-refractivity contribution is 0.0364. The maximum atomic E-state index is 11.5. The Morgan fingerprint density at radius 2 is 1.96 bits per heavy atom. The Morgan fingerprint density at radius 1 is 1.22 bits per heavy atom. The van der Waals surface area contributed by atoms with Gasteiger partial charge in [-0.05, 0) is 24.6 Å². The van der Waals surface area contributed by atoms with Crippen molar-refractivity contribution in [1.29, 1.82) is 0 Å². The van der Waals surface area contributed by atoms with E-state index in [-0.39, 0.29) is 17.3 Å². The Morgan fingerprint density at radius 3 is 2.65 bits per heavy atom. The fourth-order valence-corrected chi connectivity index (χ4v) is 2.83. The van der Waals surface area contributed by atoms with Crippen molar-refractivity contribution in [3.63, 3.8) is 0 Å². The lowest BCUT2D eigenvalue weighted by atomic mass is 9.77. The predicted octanol–water partition coefficient (Wildman–Crippen LogP) is 3.66. The highest BCUT2D eigenvalue weighted by Crippen LogP contribution is 2.36. The lowest BCUT2D eigenvalue weighted by Gasteiger charge is -2.25. The Bertz CT molecular complexity index is 751. The Hall–Kier alpha value is -2.49. The molecule has 3 rings (SSSR count). The van der Waals surface area contributed by atoms with Crippen LogP contribution in [0.25, 0.3) is 0 Å². The van der Waals surface area contributed by atoms with Crippen molar-refractivity contribution >= 4 is 11.5 Å². The SMILES string of the molecule is CC(=O)c1ccnc(CC2ON=C(c3ccccc3)C2(C)C)c1. The Kier molecular flexibility index (Phi) is 3.99. The van der Waals surface area contributed by atoms with E-state index in [0.717, 1.165) is 17.0 Å². The van der Waals surface area contributed by atoms with E-state index in [4.69, 9.17) is 4.84 Å². The molecule has 0 N–H and O–H groups in total. The fourth-order valence-electron chi connectivity index (χ4n) is 2.83. The lowest BCUT2D eigenvalue weighted by Crippen LogP contribution is -2.35. The third-order valence-corrected chi connectivity index (χ3v) is 4.35. The van der Waals surface area contributed by atoms with Crippen molar-refractivity contribution in [2.24, 2.45) is 10.6 Å². The largest absolute Gasteiger partial charge is 0.391 e. The molecule has 4 nitrogen and oxygen atoms in total. The van der Waals surface area contributed by atoms with Crippen molar-refractivity contribution in [2.75, 3.05) is 0 Å². The molecule has 1 atom stereocenters. The van der Waals surface area contributed by atoms with Gasteiger partial charge in [-0.3, -0.25) is 9.78 Å². The van der Waals surface area contributed by atoms with Gasteiger partial charge in [0.15, 0.2) is 5.78 Å². The number of carbonyl (C=O) groups excluding carboxylic acids is 1. The van der Waals surface area contributed by atoms with Gasteiger partial charge in [0.1, 0.15) is 6.10 Å². The maximum Gasteiger partial charge on any atom is 0.159 e. The molecule has 23 heavy (non-hydrogen) atoms. The molecule has 0 saturated carbocycles. The molecule has 4 heteroatoms. The summed E-state index contributed by atoms with van der Waals surface area (Å²) in [6.07, 6.45) is 2.19. The van der Waals surface area contributed by atoms with E-state index < -0.39 is 0 Å². The second kappa shape index (κ2) is 5.95. The van der Waals surface area contributed by atoms with E-state index in [2.05, 4.69) is 24.0 Å². The first kappa shape index (κ1) is 15.4. The first-order chi connectivity index (χ1) is 11.0. The van der Waals surface area contributed by atoms with Crippen LogP contribution in [0.3, 0.4) is 0 Å². The highest BCUT2D eigenvalue weighted by Gasteiger charge is 2.42. The zero-order chi connectivity index (χ0) is 16.4. The van der Waals surface area contributed by atoms with E-state index in [1.165, 1.54) is 0 Å². The number of benzene rings is 1. The fraction of sp³-hybridized carbons (Fsp3) is 0.316. The van der Waals surface area contributed by atoms with Gasteiger partial charge in [0.05, 0.1) is 11.1 Å². The summed E-state index contributed by atoms with van der Waals surface area (Å²) in [5.74, 6) is 0.0430. The summed E-state index contributed by atoms with van der Waals surface area (Å²) in [5.41, 5.74) is 3.32. The van der Waals surface area contributed by atoms with Gasteiger partial charge in [-0.1, -0.05) is 49.3 Å². The van der Waals surface area contributed by atoms with Crippen molar-refractivity contribution in [3.05, 3.63) is 65.5 Å². The number of aromatic nitrogens is 1. The molecule has 0 fully saturated rings. The number of rotatable bonds is 4. The predicted molar refractivity (Wildman–Crippen MR) is 89.6 cm³/mol. The summed E-state index contributed by atoms with van der Waals surface area (Å²) in [6.45, 7) is 5.82. The number of hydrogen-bond donors (Lipinski definition) is 0. The van der Waals surface area contributed by atoms with Crippen LogP contribution in [-0.4, -0.2) is 22.6 Å². The summed E-state index contributed by atoms with van der Waals surface area (Å²) in [6, 6.07) is 13.6. The molecule has 1 aromatic heterocycles. The second-order valence-electron chi connectivity index (χ2n) is 6.42. The molecule has 0 amide bonds. The molecule has 1 aromatic carbocycles. The monoisotopic (exact) mass is 308 g/mol. The van der Waals surface area contributed by atoms with Crippen LogP contribution in [0.15, 0.2) is 53.8 Å². The molecule has 118 valence electrons. The zero-order valence-corrected chi connectivity index (χ0v) is 13.6. The number of Topliss-reactive ketones (excluding diaryl/α,β-unsaturated/α-hetero) is 1. The van der Waals surface area contributed by atoms with Gasteiger partial charge >= 0.3 is 0 Å². The average Bonchev–Trinajstić information content (AvgIpc) is 2.83. The molecule has 1 aliphatic heterocycles. The van der Waals surface area contributed by atoms with Gasteiger partial charge in [0.2, 0.25) is 0 Å². The minimum atomic E-state index is -0.227. The van der Waals surface area contributed by atoms with E-state index in [9.17, 15) is 4.79 Å². The van der Waals surface area contributed by atoms with E-state index >= 15 is 0 Å². The third kappa shape index (κ3) is 3.02. The van der Waals surface area contributed by atoms with Crippen LogP contribution in [0.2, 0.25) is 0 Å². The number of nitrogens with zero attached hydrogens (tertiary/aromatic N) is 2. The van der Waals surface area contributed by atoms with Crippen LogP contribution in [0, 0.1) is 5.41 Å². The summed E-state index contributed by atoms with van der Waals surface area (Å²) in [7, 11) is 0. The highest BCUT2D eigenvalue weighted by molar-refractivity contribution is 6.05. The number of oxime groups is 1. The Labute approximate surface area is 136 Å². The summed E-state index contributed by atoms with van der Waals surface area (Å²) in [5, 5.41) is 4.32. The first-order valence-electron chi connectivity index (χ1n) is 7.74. The quantitative estimate of drug-likeness (QED) is 0.810. The molecule has 0 spiro atoms. The summed E-state index contributed by atoms with van der Waals surface area (Å²) >= 11 is 0. The third-order valence-electron chi connectivity index (χ3n) is 4.35. The van der Waals surface area contributed by atoms with Gasteiger partial charge in [0, 0.05) is 23.9 Å². The normalized spacial score (nSPS) is 19.1. The zero-order valence-electron chi connectivity index (χ0n) is 13.6. The Balaban J connectivity index is 1.81. The second-order valence-corrected chi connectivity index (χ2v) is 6.42. The number of carbonyl (C=O) groups is 1. The first-order valence-corrected chi connectivity index (χ1v) is 7.74. The molecule has 0 radical (unpaired) electrons. The summed E-state index contributed by atoms with van der Waals surface area (Å²) < 4.78 is 0. The van der Waals surface area contributed by atoms with Crippen LogP contribution in [0.4, 0.5) is 0 Å². The van der Waals surface area contributed by atoms with Crippen molar-refractivity contribution in [3.8, 4) is 0 Å². The van der Waals surface area contributed by atoms with Crippen molar-refractivity contribution in [2.45, 2.75) is 33.3 Å². The molecule has 1 aliphatic rings. The van der Waals surface area contributed by atoms with E-state index in [1.807, 2.05) is 36.4 Å². The van der Waals surface area contributed by atoms with Gasteiger partial charge < -0.3 is 4.84 Å². The van der Waals surface area contributed by atoms with Crippen LogP contribution in [0.5, 0.6) is 0 Å². The molecular weight excluding hydrogens is 288 g/mol. The van der Waals surface area contributed by atoms with Crippen LogP contribution in [0.1, 0.15) is 42.4 Å². The molecule has 2 aromatic rings. The number of pyridine rings is 1. The summed E-state index contributed by atoms with van der Waals surface area (Å²) in [4.78, 5) is 21.6. The molecule has 1 unspecified atom stereocenters.